The Hall–Kier alpha value is -0.0500. The molecule has 0 aliphatic heterocycles. The molecule has 0 aromatic heterocycles. The lowest BCUT2D eigenvalue weighted by Crippen LogP contribution is -1.99. The van der Waals surface area contributed by atoms with Gasteiger partial charge in [-0.05, 0) is 28.1 Å². The number of hydrogen-bond acceptors (Lipinski definition) is 2. The number of hydrogen-bond donors (Lipinski definition) is 0. The van der Waals surface area contributed by atoms with Crippen molar-refractivity contribution in [2.24, 2.45) is 0 Å². The second-order valence-corrected chi connectivity index (χ2v) is 3.42. The molecule has 0 spiro atoms. The maximum Gasteiger partial charge on any atom is 0.0672 e. The van der Waals surface area contributed by atoms with Crippen LogP contribution in [0.2, 0.25) is 0 Å². The van der Waals surface area contributed by atoms with Crippen molar-refractivity contribution in [3.8, 4) is 0 Å². The van der Waals surface area contributed by atoms with Crippen LogP contribution >= 0.6 is 11.6 Å². The fraction of sp³-hybridized carbons (Fsp3) is 0.778. The fourth-order valence-electron chi connectivity index (χ4n) is 0.301. The van der Waals surface area contributed by atoms with Gasteiger partial charge < -0.3 is 9.64 Å². The second-order valence-electron chi connectivity index (χ2n) is 3.04. The Morgan fingerprint density at radius 1 is 1.42 bits per heavy atom. The fourth-order valence-corrected chi connectivity index (χ4v) is 0.410. The van der Waals surface area contributed by atoms with Gasteiger partial charge in [-0.2, -0.15) is 0 Å². The average molecular weight is 194 g/mol. The Balaban J connectivity index is 0. The SMILES string of the molecule is C=C(C)COCCCl.CN(C)C. The van der Waals surface area contributed by atoms with Crippen LogP contribution in [0.25, 0.3) is 0 Å². The molecule has 0 bridgehead atoms. The highest BCUT2D eigenvalue weighted by molar-refractivity contribution is 6.17. The number of nitrogens with zero attached hydrogens (tertiary/aromatic N) is 1. The van der Waals surface area contributed by atoms with Gasteiger partial charge in [0.05, 0.1) is 13.2 Å². The van der Waals surface area contributed by atoms with E-state index in [9.17, 15) is 0 Å². The van der Waals surface area contributed by atoms with Crippen LogP contribution in [0.15, 0.2) is 12.2 Å². The maximum atomic E-state index is 5.33. The molecule has 0 saturated heterocycles. The standard InChI is InChI=1S/C6H11ClO.C3H9N/c1-6(2)5-8-4-3-7;1-4(2)3/h1,3-5H2,2H3;1-3H3. The van der Waals surface area contributed by atoms with Crippen molar-refractivity contribution >= 4 is 11.6 Å². The first-order valence-corrected chi connectivity index (χ1v) is 4.43. The molecule has 0 aromatic carbocycles. The zero-order valence-corrected chi connectivity index (χ0v) is 9.32. The van der Waals surface area contributed by atoms with Crippen molar-refractivity contribution in [1.82, 2.24) is 4.90 Å². The van der Waals surface area contributed by atoms with Gasteiger partial charge in [-0.15, -0.1) is 11.6 Å². The summed E-state index contributed by atoms with van der Waals surface area (Å²) in [5, 5.41) is 0. The second kappa shape index (κ2) is 11.0. The molecule has 74 valence electrons. The molecule has 0 saturated carbocycles. The molecule has 0 heterocycles. The smallest absolute Gasteiger partial charge is 0.0672 e. The van der Waals surface area contributed by atoms with E-state index < -0.39 is 0 Å². The summed E-state index contributed by atoms with van der Waals surface area (Å²) in [6.07, 6.45) is 0. The summed E-state index contributed by atoms with van der Waals surface area (Å²) in [4.78, 5) is 2.00. The van der Waals surface area contributed by atoms with Crippen LogP contribution in [0.4, 0.5) is 0 Å². The highest BCUT2D eigenvalue weighted by Crippen LogP contribution is 1.87. The number of halogens is 1. The van der Waals surface area contributed by atoms with Crippen LogP contribution in [0.3, 0.4) is 0 Å². The van der Waals surface area contributed by atoms with Gasteiger partial charge in [0.15, 0.2) is 0 Å². The van der Waals surface area contributed by atoms with Crippen molar-refractivity contribution in [3.63, 3.8) is 0 Å². The minimum Gasteiger partial charge on any atom is -0.376 e. The lowest BCUT2D eigenvalue weighted by atomic mass is 10.4. The molecule has 2 nitrogen and oxygen atoms in total. The highest BCUT2D eigenvalue weighted by Gasteiger charge is 1.83. The molecular weight excluding hydrogens is 174 g/mol. The molecule has 0 radical (unpaired) electrons. The Morgan fingerprint density at radius 2 is 1.83 bits per heavy atom. The first-order valence-electron chi connectivity index (χ1n) is 3.89. The van der Waals surface area contributed by atoms with Gasteiger partial charge in [-0.1, -0.05) is 12.2 Å². The zero-order valence-electron chi connectivity index (χ0n) is 8.56. The van der Waals surface area contributed by atoms with Crippen LogP contribution in [-0.2, 0) is 4.74 Å². The lowest BCUT2D eigenvalue weighted by Gasteiger charge is -1.97. The Kier molecular flexibility index (Phi) is 13.2. The third-order valence-electron chi connectivity index (χ3n) is 0.570. The lowest BCUT2D eigenvalue weighted by molar-refractivity contribution is 0.173. The monoisotopic (exact) mass is 193 g/mol. The molecule has 3 heteroatoms. The van der Waals surface area contributed by atoms with Crippen LogP contribution in [0, 0.1) is 0 Å². The van der Waals surface area contributed by atoms with Gasteiger partial charge in [0.2, 0.25) is 0 Å². The van der Waals surface area contributed by atoms with Crippen LogP contribution in [0.5, 0.6) is 0 Å². The topological polar surface area (TPSA) is 12.5 Å². The molecule has 0 rings (SSSR count). The van der Waals surface area contributed by atoms with Gasteiger partial charge in [0.1, 0.15) is 0 Å². The van der Waals surface area contributed by atoms with Crippen molar-refractivity contribution in [2.45, 2.75) is 6.92 Å². The van der Waals surface area contributed by atoms with Gasteiger partial charge >= 0.3 is 0 Å². The molecule has 12 heavy (non-hydrogen) atoms. The van der Waals surface area contributed by atoms with Crippen LogP contribution < -0.4 is 0 Å². The summed E-state index contributed by atoms with van der Waals surface area (Å²) in [5.41, 5.74) is 1.04. The zero-order chi connectivity index (χ0) is 9.98. The minimum atomic E-state index is 0.563. The van der Waals surface area contributed by atoms with E-state index in [-0.39, 0.29) is 0 Å². The van der Waals surface area contributed by atoms with Crippen LogP contribution in [-0.4, -0.2) is 45.1 Å². The van der Waals surface area contributed by atoms with Gasteiger partial charge in [0.25, 0.3) is 0 Å². The van der Waals surface area contributed by atoms with E-state index in [1.807, 2.05) is 33.0 Å². The normalized spacial score (nSPS) is 9.17. The molecule has 0 atom stereocenters. The van der Waals surface area contributed by atoms with E-state index in [4.69, 9.17) is 16.3 Å². The van der Waals surface area contributed by atoms with Crippen molar-refractivity contribution in [3.05, 3.63) is 12.2 Å². The third kappa shape index (κ3) is 32.5. The predicted octanol–water partition coefficient (Wildman–Crippen LogP) is 2.00. The van der Waals surface area contributed by atoms with E-state index in [2.05, 4.69) is 6.58 Å². The van der Waals surface area contributed by atoms with Crippen molar-refractivity contribution < 1.29 is 4.74 Å². The Morgan fingerprint density at radius 3 is 2.08 bits per heavy atom. The van der Waals surface area contributed by atoms with E-state index in [0.29, 0.717) is 19.1 Å². The maximum absolute atomic E-state index is 5.33. The summed E-state index contributed by atoms with van der Waals surface area (Å²) in [6, 6.07) is 0. The van der Waals surface area contributed by atoms with E-state index in [1.165, 1.54) is 0 Å². The largest absolute Gasteiger partial charge is 0.376 e. The van der Waals surface area contributed by atoms with E-state index in [1.54, 1.807) is 0 Å². The van der Waals surface area contributed by atoms with Gasteiger partial charge in [0, 0.05) is 5.88 Å². The molecule has 0 fully saturated rings. The third-order valence-corrected chi connectivity index (χ3v) is 0.724. The molecule has 0 aromatic rings. The van der Waals surface area contributed by atoms with E-state index in [0.717, 1.165) is 5.57 Å². The van der Waals surface area contributed by atoms with Crippen molar-refractivity contribution in [2.75, 3.05) is 40.2 Å². The predicted molar refractivity (Wildman–Crippen MR) is 56.0 cm³/mol. The molecule has 0 amide bonds. The van der Waals surface area contributed by atoms with Gasteiger partial charge in [-0.3, -0.25) is 0 Å². The summed E-state index contributed by atoms with van der Waals surface area (Å²) in [6.45, 7) is 6.83. The summed E-state index contributed by atoms with van der Waals surface area (Å²) >= 11 is 5.33. The molecule has 0 aliphatic carbocycles. The number of alkyl halides is 1. The minimum absolute atomic E-state index is 0.563. The molecule has 0 unspecified atom stereocenters. The first kappa shape index (κ1) is 14.5. The first-order chi connectivity index (χ1) is 5.50. The van der Waals surface area contributed by atoms with Gasteiger partial charge in [-0.25, -0.2) is 0 Å². The van der Waals surface area contributed by atoms with Crippen LogP contribution in [0.1, 0.15) is 6.92 Å². The Bertz CT molecular complexity index is 102. The number of rotatable bonds is 4. The summed E-state index contributed by atoms with van der Waals surface area (Å²) in [5.74, 6) is 0.563. The molecule has 0 N–H and O–H groups in total. The summed E-state index contributed by atoms with van der Waals surface area (Å²) in [7, 11) is 6.00. The quantitative estimate of drug-likeness (QED) is 0.385. The average Bonchev–Trinajstić information content (AvgIpc) is 1.86. The summed E-state index contributed by atoms with van der Waals surface area (Å²) < 4.78 is 5.01. The van der Waals surface area contributed by atoms with E-state index >= 15 is 0 Å². The highest BCUT2D eigenvalue weighted by atomic mass is 35.5. The molecule has 0 aliphatic rings. The Labute approximate surface area is 81.2 Å². The van der Waals surface area contributed by atoms with Crippen molar-refractivity contribution in [1.29, 1.82) is 0 Å². The molecular formula is C9H20ClNO. The number of ether oxygens (including phenoxy) is 1.